The van der Waals surface area contributed by atoms with Crippen LogP contribution < -0.4 is 4.74 Å². The van der Waals surface area contributed by atoms with Crippen LogP contribution in [0.4, 0.5) is 8.78 Å². The topological polar surface area (TPSA) is 48.4 Å². The van der Waals surface area contributed by atoms with Crippen LogP contribution in [0.15, 0.2) is 6.07 Å². The number of aromatic nitrogens is 1. The second-order valence-electron chi connectivity index (χ2n) is 3.07. The zero-order valence-electron chi connectivity index (χ0n) is 9.17. The molecule has 7 heteroatoms. The summed E-state index contributed by atoms with van der Waals surface area (Å²) < 4.78 is 34.7. The molecule has 1 heterocycles. The van der Waals surface area contributed by atoms with Crippen molar-refractivity contribution in [3.63, 3.8) is 0 Å². The van der Waals surface area contributed by atoms with Crippen molar-refractivity contribution < 1.29 is 23.0 Å². The van der Waals surface area contributed by atoms with E-state index in [1.807, 2.05) is 0 Å². The molecule has 0 aliphatic carbocycles. The summed E-state index contributed by atoms with van der Waals surface area (Å²) in [5, 5.41) is -0.125. The van der Waals surface area contributed by atoms with Crippen molar-refractivity contribution in [2.45, 2.75) is 12.8 Å². The molecule has 0 aromatic carbocycles. The van der Waals surface area contributed by atoms with Crippen molar-refractivity contribution in [2.75, 3.05) is 14.2 Å². The standard InChI is InChI=1S/C10H10ClF2NO3/c1-16-8(15)4-6-9(17-2)5(10(12)13)3-7(11)14-6/h3,10H,4H2,1-2H3. The van der Waals surface area contributed by atoms with E-state index in [2.05, 4.69) is 9.72 Å². The van der Waals surface area contributed by atoms with Crippen LogP contribution in [0, 0.1) is 0 Å². The fraction of sp³-hybridized carbons (Fsp3) is 0.400. The summed E-state index contributed by atoms with van der Waals surface area (Å²) in [6, 6.07) is 1.01. The van der Waals surface area contributed by atoms with E-state index in [1.165, 1.54) is 14.2 Å². The number of carbonyl (C=O) groups is 1. The van der Waals surface area contributed by atoms with E-state index in [-0.39, 0.29) is 23.0 Å². The van der Waals surface area contributed by atoms with Gasteiger partial charge in [-0.2, -0.15) is 0 Å². The molecule has 0 aliphatic rings. The average Bonchev–Trinajstić information content (AvgIpc) is 2.28. The number of halogens is 3. The van der Waals surface area contributed by atoms with Crippen LogP contribution in [0.2, 0.25) is 5.15 Å². The Kier molecular flexibility index (Phi) is 4.62. The first kappa shape index (κ1) is 13.6. The Bertz CT molecular complexity index is 426. The van der Waals surface area contributed by atoms with Gasteiger partial charge in [0.2, 0.25) is 0 Å². The van der Waals surface area contributed by atoms with Gasteiger partial charge in [0.1, 0.15) is 10.9 Å². The Balaban J connectivity index is 3.23. The smallest absolute Gasteiger partial charge is 0.311 e. The highest BCUT2D eigenvalue weighted by Crippen LogP contribution is 2.33. The van der Waals surface area contributed by atoms with Crippen LogP contribution in [0.3, 0.4) is 0 Å². The molecule has 0 radical (unpaired) electrons. The Morgan fingerprint density at radius 3 is 2.65 bits per heavy atom. The van der Waals surface area contributed by atoms with Gasteiger partial charge in [-0.1, -0.05) is 11.6 Å². The number of pyridine rings is 1. The minimum atomic E-state index is -2.76. The number of alkyl halides is 2. The zero-order chi connectivity index (χ0) is 13.0. The molecule has 1 aromatic heterocycles. The molecule has 0 fully saturated rings. The van der Waals surface area contributed by atoms with E-state index in [1.54, 1.807) is 0 Å². The van der Waals surface area contributed by atoms with Gasteiger partial charge < -0.3 is 9.47 Å². The first-order valence-electron chi connectivity index (χ1n) is 4.57. The summed E-state index contributed by atoms with van der Waals surface area (Å²) in [5.74, 6) is -0.756. The number of ether oxygens (including phenoxy) is 2. The van der Waals surface area contributed by atoms with Gasteiger partial charge in [0, 0.05) is 0 Å². The minimum Gasteiger partial charge on any atom is -0.494 e. The molecule has 17 heavy (non-hydrogen) atoms. The van der Waals surface area contributed by atoms with Gasteiger partial charge in [-0.25, -0.2) is 13.8 Å². The molecule has 4 nitrogen and oxygen atoms in total. The van der Waals surface area contributed by atoms with Crippen LogP contribution in [0.5, 0.6) is 5.75 Å². The third-order valence-corrected chi connectivity index (χ3v) is 2.21. The maximum absolute atomic E-state index is 12.7. The molecule has 0 N–H and O–H groups in total. The quantitative estimate of drug-likeness (QED) is 0.620. The molecule has 0 saturated carbocycles. The molecule has 1 rings (SSSR count). The molecule has 0 bridgehead atoms. The van der Waals surface area contributed by atoms with E-state index < -0.39 is 18.0 Å². The number of esters is 1. The monoisotopic (exact) mass is 265 g/mol. The van der Waals surface area contributed by atoms with Crippen LogP contribution in [-0.2, 0) is 16.0 Å². The van der Waals surface area contributed by atoms with E-state index in [0.717, 1.165) is 6.07 Å². The highest BCUT2D eigenvalue weighted by atomic mass is 35.5. The van der Waals surface area contributed by atoms with Crippen molar-refractivity contribution in [1.29, 1.82) is 0 Å². The second kappa shape index (κ2) is 5.77. The summed E-state index contributed by atoms with van der Waals surface area (Å²) in [6.45, 7) is 0. The van der Waals surface area contributed by atoms with Crippen molar-refractivity contribution in [3.8, 4) is 5.75 Å². The van der Waals surface area contributed by atoms with Crippen LogP contribution in [0.1, 0.15) is 17.7 Å². The highest BCUT2D eigenvalue weighted by Gasteiger charge is 2.21. The summed E-state index contributed by atoms with van der Waals surface area (Å²) in [6.07, 6.45) is -3.04. The summed E-state index contributed by atoms with van der Waals surface area (Å²) >= 11 is 5.60. The van der Waals surface area contributed by atoms with Crippen molar-refractivity contribution in [2.24, 2.45) is 0 Å². The lowest BCUT2D eigenvalue weighted by Crippen LogP contribution is -2.09. The van der Waals surface area contributed by atoms with Crippen molar-refractivity contribution in [3.05, 3.63) is 22.5 Å². The van der Waals surface area contributed by atoms with Gasteiger partial charge in [-0.3, -0.25) is 4.79 Å². The lowest BCUT2D eigenvalue weighted by molar-refractivity contribution is -0.139. The molecule has 0 atom stereocenters. The second-order valence-corrected chi connectivity index (χ2v) is 3.46. The maximum Gasteiger partial charge on any atom is 0.311 e. The minimum absolute atomic E-state index is 0.0298. The number of nitrogens with zero attached hydrogens (tertiary/aromatic N) is 1. The SMILES string of the molecule is COC(=O)Cc1nc(Cl)cc(C(F)F)c1OC. The Labute approximate surface area is 101 Å². The first-order valence-corrected chi connectivity index (χ1v) is 4.95. The lowest BCUT2D eigenvalue weighted by Gasteiger charge is -2.12. The molecule has 94 valence electrons. The molecule has 1 aromatic rings. The predicted octanol–water partition coefficient (Wildman–Crippen LogP) is 2.40. The van der Waals surface area contributed by atoms with E-state index in [9.17, 15) is 13.6 Å². The predicted molar refractivity (Wildman–Crippen MR) is 56.5 cm³/mol. The highest BCUT2D eigenvalue weighted by molar-refractivity contribution is 6.29. The molecule has 0 aliphatic heterocycles. The zero-order valence-corrected chi connectivity index (χ0v) is 9.92. The van der Waals surface area contributed by atoms with Gasteiger partial charge in [0.25, 0.3) is 6.43 Å². The maximum atomic E-state index is 12.7. The summed E-state index contributed by atoms with van der Waals surface area (Å²) in [7, 11) is 2.41. The van der Waals surface area contributed by atoms with Crippen molar-refractivity contribution in [1.82, 2.24) is 4.98 Å². The molecule has 0 amide bonds. The first-order chi connectivity index (χ1) is 7.99. The number of hydrogen-bond acceptors (Lipinski definition) is 4. The van der Waals surface area contributed by atoms with Gasteiger partial charge in [-0.15, -0.1) is 0 Å². The van der Waals surface area contributed by atoms with Crippen molar-refractivity contribution >= 4 is 17.6 Å². The van der Waals surface area contributed by atoms with E-state index in [0.29, 0.717) is 0 Å². The third-order valence-electron chi connectivity index (χ3n) is 2.02. The van der Waals surface area contributed by atoms with Gasteiger partial charge in [0.05, 0.1) is 31.9 Å². The van der Waals surface area contributed by atoms with Crippen LogP contribution in [0.25, 0.3) is 0 Å². The number of rotatable bonds is 4. The number of hydrogen-bond donors (Lipinski definition) is 0. The van der Waals surface area contributed by atoms with Gasteiger partial charge >= 0.3 is 5.97 Å². The lowest BCUT2D eigenvalue weighted by atomic mass is 10.1. The number of methoxy groups -OCH3 is 2. The third kappa shape index (κ3) is 3.26. The van der Waals surface area contributed by atoms with E-state index >= 15 is 0 Å². The fourth-order valence-corrected chi connectivity index (χ4v) is 1.52. The Morgan fingerprint density at radius 2 is 2.18 bits per heavy atom. The molecule has 0 saturated heterocycles. The molecule has 0 spiro atoms. The summed E-state index contributed by atoms with van der Waals surface area (Å²) in [4.78, 5) is 14.9. The Hall–Kier alpha value is -1.43. The number of carbonyl (C=O) groups excluding carboxylic acids is 1. The average molecular weight is 266 g/mol. The van der Waals surface area contributed by atoms with Crippen LogP contribution >= 0.6 is 11.6 Å². The van der Waals surface area contributed by atoms with Crippen LogP contribution in [-0.4, -0.2) is 25.2 Å². The largest absolute Gasteiger partial charge is 0.494 e. The molecular formula is C10H10ClF2NO3. The molecule has 0 unspecified atom stereocenters. The molecular weight excluding hydrogens is 256 g/mol. The normalized spacial score (nSPS) is 10.5. The fourth-order valence-electron chi connectivity index (χ4n) is 1.30. The van der Waals surface area contributed by atoms with Gasteiger partial charge in [-0.05, 0) is 6.07 Å². The summed E-state index contributed by atoms with van der Waals surface area (Å²) in [5.41, 5.74) is -0.367. The van der Waals surface area contributed by atoms with E-state index in [4.69, 9.17) is 16.3 Å². The Morgan fingerprint density at radius 1 is 1.53 bits per heavy atom. The van der Waals surface area contributed by atoms with Gasteiger partial charge in [0.15, 0.2) is 0 Å².